The number of H-pyrrole nitrogens is 1. The van der Waals surface area contributed by atoms with Gasteiger partial charge in [-0.1, -0.05) is 41.5 Å². The van der Waals surface area contributed by atoms with Gasteiger partial charge in [0.25, 0.3) is 5.56 Å². The number of Topliss-reactive ketones (excluding diaryl/α,β-unsaturated/α-hetero) is 1. The van der Waals surface area contributed by atoms with E-state index in [0.29, 0.717) is 10.9 Å². The highest BCUT2D eigenvalue weighted by atomic mass is 32.2. The largest absolute Gasteiger partial charge is 0.368 e. The topological polar surface area (TPSA) is 198 Å². The van der Waals surface area contributed by atoms with Crippen molar-refractivity contribution < 1.29 is 22.8 Å². The number of carbonyl (C=O) groups is 3. The summed E-state index contributed by atoms with van der Waals surface area (Å²) < 4.78 is 26.8. The predicted molar refractivity (Wildman–Crippen MR) is 145 cm³/mol. The second-order valence-electron chi connectivity index (χ2n) is 12.5. The highest BCUT2D eigenvalue weighted by molar-refractivity contribution is 7.88. The molecule has 3 heterocycles. The summed E-state index contributed by atoms with van der Waals surface area (Å²) in [7, 11) is -3.85. The monoisotopic (exact) mass is 560 g/mol. The van der Waals surface area contributed by atoms with Crippen molar-refractivity contribution in [3.8, 4) is 0 Å². The summed E-state index contributed by atoms with van der Waals surface area (Å²) in [5.41, 5.74) is 7.51. The number of hydrogen-bond donors (Lipinski definition) is 4. The first kappa shape index (κ1) is 28.8. The summed E-state index contributed by atoms with van der Waals surface area (Å²) in [6, 6.07) is 1.69. The number of piperidine rings is 1. The van der Waals surface area contributed by atoms with Crippen LogP contribution in [0.4, 0.5) is 0 Å². The highest BCUT2D eigenvalue weighted by Crippen LogP contribution is 2.72. The smallest absolute Gasteiger partial charge is 0.259 e. The number of hydrogen-bond acceptors (Lipinski definition) is 8. The number of sulfonamides is 1. The van der Waals surface area contributed by atoms with E-state index in [9.17, 15) is 27.6 Å². The van der Waals surface area contributed by atoms with Crippen LogP contribution in [-0.2, 0) is 19.6 Å². The first-order valence-electron chi connectivity index (χ1n) is 12.6. The van der Waals surface area contributed by atoms with Crippen LogP contribution in [0.1, 0.15) is 51.9 Å². The van der Waals surface area contributed by atoms with Gasteiger partial charge in [0.05, 0.1) is 28.8 Å². The second-order valence-corrected chi connectivity index (χ2v) is 14.3. The maximum Gasteiger partial charge on any atom is 0.259 e. The number of pyridine rings is 2. The maximum atomic E-state index is 14.2. The van der Waals surface area contributed by atoms with Gasteiger partial charge in [-0.25, -0.2) is 13.1 Å². The minimum atomic E-state index is -3.85. The SMILES string of the molecule is CC(C(=O)c1cc2cnccc2[nH]c1=O)C1(C(N)=O)N(C(=O)[C@@H](NS(C)(=O)=O)C(C)(C)C)CC2C(C)(C)[C@]21N. The van der Waals surface area contributed by atoms with Crippen LogP contribution >= 0.6 is 0 Å². The number of primary amides is 1. The van der Waals surface area contributed by atoms with E-state index in [1.54, 1.807) is 26.8 Å². The van der Waals surface area contributed by atoms with Crippen molar-refractivity contribution in [2.45, 2.75) is 58.7 Å². The zero-order valence-corrected chi connectivity index (χ0v) is 24.0. The number of nitrogens with one attached hydrogen (secondary N) is 2. The Hall–Kier alpha value is -3.16. The summed E-state index contributed by atoms with van der Waals surface area (Å²) >= 11 is 0. The Labute approximate surface area is 227 Å². The molecule has 2 fully saturated rings. The van der Waals surface area contributed by atoms with E-state index >= 15 is 0 Å². The van der Waals surface area contributed by atoms with Crippen molar-refractivity contribution >= 4 is 38.5 Å². The Balaban J connectivity index is 1.90. The molecule has 2 aromatic heterocycles. The highest BCUT2D eigenvalue weighted by Gasteiger charge is 2.87. The van der Waals surface area contributed by atoms with Crippen molar-refractivity contribution in [2.24, 2.45) is 34.1 Å². The molecule has 5 atom stereocenters. The molecule has 2 aliphatic rings. The Bertz CT molecular complexity index is 1560. The lowest BCUT2D eigenvalue weighted by Crippen LogP contribution is -2.74. The van der Waals surface area contributed by atoms with Gasteiger partial charge in [-0.15, -0.1) is 0 Å². The molecule has 2 amide bonds. The summed E-state index contributed by atoms with van der Waals surface area (Å²) in [6.07, 6.45) is 3.91. The maximum absolute atomic E-state index is 14.2. The van der Waals surface area contributed by atoms with E-state index < -0.39 is 73.0 Å². The summed E-state index contributed by atoms with van der Waals surface area (Å²) in [6.45, 7) is 10.1. The van der Waals surface area contributed by atoms with Crippen molar-refractivity contribution in [1.29, 1.82) is 0 Å². The fourth-order valence-electron chi connectivity index (χ4n) is 6.61. The van der Waals surface area contributed by atoms with Gasteiger partial charge in [-0.3, -0.25) is 24.2 Å². The van der Waals surface area contributed by atoms with Gasteiger partial charge >= 0.3 is 0 Å². The number of nitrogens with two attached hydrogens (primary N) is 2. The number of aromatic nitrogens is 2. The number of rotatable bonds is 7. The number of carbonyl (C=O) groups excluding carboxylic acids is 3. The van der Waals surface area contributed by atoms with Gasteiger partial charge in [0.1, 0.15) is 11.6 Å². The third-order valence-corrected chi connectivity index (χ3v) is 9.51. The first-order valence-corrected chi connectivity index (χ1v) is 14.5. The lowest BCUT2D eigenvalue weighted by Gasteiger charge is -2.49. The average molecular weight is 561 g/mol. The normalized spacial score (nSPS) is 27.6. The van der Waals surface area contributed by atoms with Crippen LogP contribution in [0.15, 0.2) is 29.3 Å². The Kier molecular flexibility index (Phi) is 6.41. The lowest BCUT2D eigenvalue weighted by atomic mass is 9.69. The number of ketones is 1. The molecule has 0 aromatic carbocycles. The number of fused-ring (bicyclic) bond motifs is 2. The van der Waals surface area contributed by atoms with Crippen LogP contribution in [0.5, 0.6) is 0 Å². The fraction of sp³-hybridized carbons (Fsp3) is 0.577. The molecule has 39 heavy (non-hydrogen) atoms. The minimum Gasteiger partial charge on any atom is -0.368 e. The Morgan fingerprint density at radius 3 is 2.41 bits per heavy atom. The first-order chi connectivity index (χ1) is 17.7. The Morgan fingerprint density at radius 2 is 1.87 bits per heavy atom. The summed E-state index contributed by atoms with van der Waals surface area (Å²) in [4.78, 5) is 62.6. The molecule has 1 saturated heterocycles. The van der Waals surface area contributed by atoms with Gasteiger partial charge in [0.2, 0.25) is 21.8 Å². The number of amides is 2. The quantitative estimate of drug-likeness (QED) is 0.342. The van der Waals surface area contributed by atoms with Crippen molar-refractivity contribution in [1.82, 2.24) is 19.6 Å². The molecule has 0 radical (unpaired) electrons. The van der Waals surface area contributed by atoms with Crippen LogP contribution in [0.2, 0.25) is 0 Å². The van der Waals surface area contributed by atoms with Gasteiger partial charge in [0.15, 0.2) is 5.78 Å². The zero-order valence-electron chi connectivity index (χ0n) is 23.2. The van der Waals surface area contributed by atoms with Crippen LogP contribution < -0.4 is 21.7 Å². The van der Waals surface area contributed by atoms with Crippen molar-refractivity contribution in [3.05, 3.63) is 40.4 Å². The molecular formula is C26H36N6O6S. The number of likely N-dealkylation sites (tertiary alicyclic amines) is 1. The molecule has 2 aromatic rings. The van der Waals surface area contributed by atoms with E-state index in [1.807, 2.05) is 13.8 Å². The third-order valence-electron chi connectivity index (χ3n) is 8.84. The lowest BCUT2D eigenvalue weighted by molar-refractivity contribution is -0.152. The fourth-order valence-corrected chi connectivity index (χ4v) is 7.49. The van der Waals surface area contributed by atoms with Crippen LogP contribution in [0.25, 0.3) is 10.9 Å². The third kappa shape index (κ3) is 4.01. The van der Waals surface area contributed by atoms with Crippen LogP contribution in [0, 0.1) is 22.7 Å². The van der Waals surface area contributed by atoms with E-state index in [2.05, 4.69) is 14.7 Å². The second kappa shape index (κ2) is 8.67. The molecule has 3 unspecified atom stereocenters. The Morgan fingerprint density at radius 1 is 1.26 bits per heavy atom. The molecule has 1 aliphatic carbocycles. The zero-order chi connectivity index (χ0) is 29.5. The molecule has 12 nitrogen and oxygen atoms in total. The van der Waals surface area contributed by atoms with Gasteiger partial charge < -0.3 is 21.4 Å². The van der Waals surface area contributed by atoms with Gasteiger partial charge in [-0.2, -0.15) is 0 Å². The molecule has 4 rings (SSSR count). The van der Waals surface area contributed by atoms with E-state index in [4.69, 9.17) is 11.5 Å². The van der Waals surface area contributed by atoms with E-state index in [1.165, 1.54) is 30.3 Å². The van der Waals surface area contributed by atoms with Crippen molar-refractivity contribution in [2.75, 3.05) is 12.8 Å². The van der Waals surface area contributed by atoms with Crippen LogP contribution in [-0.4, -0.2) is 70.8 Å². The standard InChI is InChI=1S/C26H36N6O6S/c1-13(18(33)15-10-14-11-29-9-8-16(14)30-20(15)34)25(22(27)36)26(28)17(24(26,5)6)12-32(25)21(35)19(23(2,3)4)31-39(7,37)38/h8-11,13,17,19,31H,12,28H2,1-7H3,(H2,27,36)(H,30,34)/t13?,17?,19-,25?,26-/m1/s1. The van der Waals surface area contributed by atoms with Crippen LogP contribution in [0.3, 0.4) is 0 Å². The number of aromatic amines is 1. The van der Waals surface area contributed by atoms with E-state index in [-0.39, 0.29) is 12.1 Å². The molecule has 212 valence electrons. The molecule has 0 spiro atoms. The minimum absolute atomic E-state index is 0.0150. The molecule has 13 heteroatoms. The van der Waals surface area contributed by atoms with Gasteiger partial charge in [0, 0.05) is 30.2 Å². The summed E-state index contributed by atoms with van der Waals surface area (Å²) in [5.74, 6) is -4.21. The average Bonchev–Trinajstić information content (AvgIpc) is 3.08. The molecule has 1 aliphatic heterocycles. The van der Waals surface area contributed by atoms with Crippen molar-refractivity contribution in [3.63, 3.8) is 0 Å². The van der Waals surface area contributed by atoms with E-state index in [0.717, 1.165) is 6.26 Å². The molecule has 6 N–H and O–H groups in total. The molecular weight excluding hydrogens is 524 g/mol. The molecule has 0 bridgehead atoms. The summed E-state index contributed by atoms with van der Waals surface area (Å²) in [5, 5.41) is 0.498. The molecule has 1 saturated carbocycles. The number of nitrogens with zero attached hydrogens (tertiary/aromatic N) is 2. The van der Waals surface area contributed by atoms with Gasteiger partial charge in [-0.05, 0) is 23.0 Å². The predicted octanol–water partition coefficient (Wildman–Crippen LogP) is 0.126.